The predicted octanol–water partition coefficient (Wildman–Crippen LogP) is 4.22. The van der Waals surface area contributed by atoms with Gasteiger partial charge in [0, 0.05) is 13.2 Å². The number of methoxy groups -OCH3 is 1. The molecule has 0 spiro atoms. The minimum absolute atomic E-state index is 0.845. The van der Waals surface area contributed by atoms with E-state index in [9.17, 15) is 0 Å². The Labute approximate surface area is 111 Å². The first-order chi connectivity index (χ1) is 8.86. The molecule has 2 heteroatoms. The molecule has 1 rings (SSSR count). The van der Waals surface area contributed by atoms with Gasteiger partial charge in [0.15, 0.2) is 0 Å². The Morgan fingerprint density at radius 3 is 2.22 bits per heavy atom. The largest absolute Gasteiger partial charge is 0.497 e. The van der Waals surface area contributed by atoms with E-state index in [2.05, 4.69) is 19.1 Å². The van der Waals surface area contributed by atoms with Crippen molar-refractivity contribution < 1.29 is 9.47 Å². The Morgan fingerprint density at radius 1 is 0.889 bits per heavy atom. The topological polar surface area (TPSA) is 18.5 Å². The number of unbranched alkanes of at least 4 members (excludes halogenated alkanes) is 4. The monoisotopic (exact) mass is 250 g/mol. The van der Waals surface area contributed by atoms with Crippen LogP contribution in [-0.2, 0) is 11.2 Å². The van der Waals surface area contributed by atoms with Gasteiger partial charge in [-0.2, -0.15) is 0 Å². The molecule has 0 saturated carbocycles. The summed E-state index contributed by atoms with van der Waals surface area (Å²) in [7, 11) is 1.71. The molecule has 2 nitrogen and oxygen atoms in total. The first-order valence-corrected chi connectivity index (χ1v) is 7.07. The van der Waals surface area contributed by atoms with Crippen molar-refractivity contribution in [2.45, 2.75) is 45.4 Å². The number of ether oxygens (including phenoxy) is 2. The van der Waals surface area contributed by atoms with Crippen molar-refractivity contribution in [1.29, 1.82) is 0 Å². The molecule has 0 fully saturated rings. The molecule has 18 heavy (non-hydrogen) atoms. The van der Waals surface area contributed by atoms with E-state index >= 15 is 0 Å². The molecular formula is C16H26O2. The third-order valence-electron chi connectivity index (χ3n) is 3.12. The van der Waals surface area contributed by atoms with E-state index in [-0.39, 0.29) is 0 Å². The van der Waals surface area contributed by atoms with Crippen molar-refractivity contribution in [3.05, 3.63) is 29.8 Å². The molecule has 1 aromatic carbocycles. The lowest BCUT2D eigenvalue weighted by Gasteiger charge is -2.04. The highest BCUT2D eigenvalue weighted by molar-refractivity contribution is 5.27. The van der Waals surface area contributed by atoms with Crippen LogP contribution in [0, 0.1) is 0 Å². The van der Waals surface area contributed by atoms with Crippen LogP contribution in [0.25, 0.3) is 0 Å². The van der Waals surface area contributed by atoms with Crippen LogP contribution in [0.3, 0.4) is 0 Å². The predicted molar refractivity (Wildman–Crippen MR) is 76.3 cm³/mol. The third kappa shape index (κ3) is 6.65. The van der Waals surface area contributed by atoms with Crippen molar-refractivity contribution >= 4 is 0 Å². The zero-order chi connectivity index (χ0) is 13.1. The first kappa shape index (κ1) is 15.0. The lowest BCUT2D eigenvalue weighted by molar-refractivity contribution is 0.143. The molecule has 0 aliphatic heterocycles. The number of hydrogen-bond donors (Lipinski definition) is 0. The van der Waals surface area contributed by atoms with Crippen molar-refractivity contribution in [3.63, 3.8) is 0 Å². The van der Waals surface area contributed by atoms with Crippen LogP contribution in [0.15, 0.2) is 24.3 Å². The van der Waals surface area contributed by atoms with Gasteiger partial charge in [-0.25, -0.2) is 0 Å². The van der Waals surface area contributed by atoms with Gasteiger partial charge in [0.05, 0.1) is 7.11 Å². The van der Waals surface area contributed by atoms with E-state index in [1.807, 2.05) is 12.1 Å². The fourth-order valence-corrected chi connectivity index (χ4v) is 2.00. The summed E-state index contributed by atoms with van der Waals surface area (Å²) in [6.45, 7) is 3.82. The molecule has 0 aliphatic carbocycles. The van der Waals surface area contributed by atoms with E-state index < -0.39 is 0 Å². The zero-order valence-corrected chi connectivity index (χ0v) is 11.8. The van der Waals surface area contributed by atoms with E-state index in [4.69, 9.17) is 9.47 Å². The standard InChI is InChI=1S/C16H26O2/c1-3-18-14-8-6-4-5-7-9-15-10-12-16(17-2)13-11-15/h10-13H,3-9,14H2,1-2H3. The van der Waals surface area contributed by atoms with Gasteiger partial charge in [-0.15, -0.1) is 0 Å². The molecule has 0 atom stereocenters. The van der Waals surface area contributed by atoms with E-state index in [0.29, 0.717) is 0 Å². The molecule has 0 radical (unpaired) electrons. The fraction of sp³-hybridized carbons (Fsp3) is 0.625. The highest BCUT2D eigenvalue weighted by atomic mass is 16.5. The average molecular weight is 250 g/mol. The van der Waals surface area contributed by atoms with Crippen molar-refractivity contribution in [3.8, 4) is 5.75 Å². The molecule has 0 N–H and O–H groups in total. The summed E-state index contributed by atoms with van der Waals surface area (Å²) in [4.78, 5) is 0. The maximum absolute atomic E-state index is 5.32. The minimum Gasteiger partial charge on any atom is -0.497 e. The molecule has 0 amide bonds. The quantitative estimate of drug-likeness (QED) is 0.579. The Hall–Kier alpha value is -1.02. The van der Waals surface area contributed by atoms with Gasteiger partial charge in [0.2, 0.25) is 0 Å². The van der Waals surface area contributed by atoms with Crippen LogP contribution in [0.1, 0.15) is 44.6 Å². The van der Waals surface area contributed by atoms with E-state index in [1.54, 1.807) is 7.11 Å². The molecule has 0 saturated heterocycles. The average Bonchev–Trinajstić information content (AvgIpc) is 2.42. The van der Waals surface area contributed by atoms with Gasteiger partial charge in [-0.3, -0.25) is 0 Å². The molecule has 1 aromatic rings. The zero-order valence-electron chi connectivity index (χ0n) is 11.8. The summed E-state index contributed by atoms with van der Waals surface area (Å²) in [5.41, 5.74) is 1.41. The summed E-state index contributed by atoms with van der Waals surface area (Å²) in [6.07, 6.45) is 7.59. The highest BCUT2D eigenvalue weighted by Gasteiger charge is 1.95. The van der Waals surface area contributed by atoms with Gasteiger partial charge in [-0.1, -0.05) is 31.4 Å². The summed E-state index contributed by atoms with van der Waals surface area (Å²) in [5.74, 6) is 0.940. The Morgan fingerprint density at radius 2 is 1.56 bits per heavy atom. The molecule has 0 aliphatic rings. The summed E-state index contributed by atoms with van der Waals surface area (Å²) < 4.78 is 10.5. The Kier molecular flexibility index (Phi) is 8.32. The fourth-order valence-electron chi connectivity index (χ4n) is 2.00. The summed E-state index contributed by atoms with van der Waals surface area (Å²) in [6, 6.07) is 8.40. The Bertz CT molecular complexity index is 292. The lowest BCUT2D eigenvalue weighted by Crippen LogP contribution is -1.93. The second-order valence-electron chi connectivity index (χ2n) is 4.56. The van der Waals surface area contributed by atoms with Crippen LogP contribution in [0.2, 0.25) is 0 Å². The molecule has 0 aromatic heterocycles. The molecule has 0 heterocycles. The van der Waals surface area contributed by atoms with Crippen LogP contribution in [-0.4, -0.2) is 20.3 Å². The second-order valence-corrected chi connectivity index (χ2v) is 4.56. The van der Waals surface area contributed by atoms with Crippen molar-refractivity contribution in [1.82, 2.24) is 0 Å². The van der Waals surface area contributed by atoms with Crippen LogP contribution < -0.4 is 4.74 Å². The maximum Gasteiger partial charge on any atom is 0.118 e. The summed E-state index contributed by atoms with van der Waals surface area (Å²) in [5, 5.41) is 0. The number of benzene rings is 1. The smallest absolute Gasteiger partial charge is 0.118 e. The van der Waals surface area contributed by atoms with Gasteiger partial charge in [0.25, 0.3) is 0 Å². The van der Waals surface area contributed by atoms with Gasteiger partial charge in [0.1, 0.15) is 5.75 Å². The molecule has 0 unspecified atom stereocenters. The molecular weight excluding hydrogens is 224 g/mol. The molecule has 102 valence electrons. The normalized spacial score (nSPS) is 10.6. The van der Waals surface area contributed by atoms with Crippen molar-refractivity contribution in [2.75, 3.05) is 20.3 Å². The number of rotatable bonds is 10. The van der Waals surface area contributed by atoms with Crippen molar-refractivity contribution in [2.24, 2.45) is 0 Å². The SMILES string of the molecule is CCOCCCCCCCc1ccc(OC)cc1. The van der Waals surface area contributed by atoms with Crippen LogP contribution in [0.4, 0.5) is 0 Å². The van der Waals surface area contributed by atoms with Gasteiger partial charge >= 0.3 is 0 Å². The minimum atomic E-state index is 0.845. The number of hydrogen-bond acceptors (Lipinski definition) is 2. The summed E-state index contributed by atoms with van der Waals surface area (Å²) >= 11 is 0. The van der Waals surface area contributed by atoms with E-state index in [1.165, 1.54) is 44.1 Å². The second kappa shape index (κ2) is 9.95. The number of aryl methyl sites for hydroxylation is 1. The van der Waals surface area contributed by atoms with E-state index in [0.717, 1.165) is 19.0 Å². The Balaban J connectivity index is 2.00. The van der Waals surface area contributed by atoms with Gasteiger partial charge in [-0.05, 0) is 43.9 Å². The van der Waals surface area contributed by atoms with Crippen LogP contribution in [0.5, 0.6) is 5.75 Å². The molecule has 0 bridgehead atoms. The third-order valence-corrected chi connectivity index (χ3v) is 3.12. The first-order valence-electron chi connectivity index (χ1n) is 7.07. The lowest BCUT2D eigenvalue weighted by atomic mass is 10.1. The van der Waals surface area contributed by atoms with Gasteiger partial charge < -0.3 is 9.47 Å². The maximum atomic E-state index is 5.32. The van der Waals surface area contributed by atoms with Crippen LogP contribution >= 0.6 is 0 Å². The highest BCUT2D eigenvalue weighted by Crippen LogP contribution is 2.14.